The molecular formula is C12H21BrN2. The van der Waals surface area contributed by atoms with Crippen molar-refractivity contribution in [1.29, 1.82) is 0 Å². The second-order valence-electron chi connectivity index (χ2n) is 4.40. The molecule has 0 spiro atoms. The summed E-state index contributed by atoms with van der Waals surface area (Å²) >= 11 is 3.72. The van der Waals surface area contributed by atoms with Gasteiger partial charge in [0.25, 0.3) is 0 Å². The first-order chi connectivity index (χ1) is 7.04. The Balaban J connectivity index is 2.53. The molecular weight excluding hydrogens is 252 g/mol. The number of aromatic nitrogens is 2. The molecule has 0 aliphatic carbocycles. The van der Waals surface area contributed by atoms with E-state index in [1.807, 2.05) is 11.7 Å². The van der Waals surface area contributed by atoms with Crippen LogP contribution in [0.25, 0.3) is 0 Å². The number of alkyl halides is 1. The summed E-state index contributed by atoms with van der Waals surface area (Å²) in [5.41, 5.74) is 2.54. The zero-order valence-electron chi connectivity index (χ0n) is 10.1. The lowest BCUT2D eigenvalue weighted by Crippen LogP contribution is -2.09. The van der Waals surface area contributed by atoms with Crippen molar-refractivity contribution in [2.45, 2.75) is 44.9 Å². The lowest BCUT2D eigenvalue weighted by molar-refractivity contribution is 0.568. The predicted molar refractivity (Wildman–Crippen MR) is 68.5 cm³/mol. The lowest BCUT2D eigenvalue weighted by Gasteiger charge is -2.12. The van der Waals surface area contributed by atoms with Crippen LogP contribution in [0.15, 0.2) is 6.07 Å². The van der Waals surface area contributed by atoms with Gasteiger partial charge in [-0.15, -0.1) is 0 Å². The van der Waals surface area contributed by atoms with Crippen LogP contribution in [0, 0.1) is 5.92 Å². The molecule has 0 radical (unpaired) electrons. The van der Waals surface area contributed by atoms with Crippen molar-refractivity contribution in [3.63, 3.8) is 0 Å². The van der Waals surface area contributed by atoms with Crippen LogP contribution in [0.5, 0.6) is 0 Å². The summed E-state index contributed by atoms with van der Waals surface area (Å²) < 4.78 is 2.01. The van der Waals surface area contributed by atoms with Gasteiger partial charge in [0.15, 0.2) is 0 Å². The molecule has 3 heteroatoms. The van der Waals surface area contributed by atoms with Crippen molar-refractivity contribution in [3.8, 4) is 0 Å². The molecule has 86 valence electrons. The average Bonchev–Trinajstić information content (AvgIpc) is 2.55. The van der Waals surface area contributed by atoms with Crippen molar-refractivity contribution in [1.82, 2.24) is 9.78 Å². The van der Waals surface area contributed by atoms with E-state index < -0.39 is 0 Å². The second kappa shape index (κ2) is 5.69. The summed E-state index contributed by atoms with van der Waals surface area (Å²) in [5.74, 6) is 0.698. The van der Waals surface area contributed by atoms with Crippen LogP contribution in [-0.4, -0.2) is 14.6 Å². The molecule has 0 aliphatic heterocycles. The van der Waals surface area contributed by atoms with Crippen molar-refractivity contribution in [2.75, 3.05) is 0 Å². The summed E-state index contributed by atoms with van der Waals surface area (Å²) in [5, 5.41) is 4.45. The van der Waals surface area contributed by atoms with Gasteiger partial charge in [-0.25, -0.2) is 0 Å². The molecule has 1 atom stereocenters. The maximum absolute atomic E-state index is 4.45. The van der Waals surface area contributed by atoms with Crippen molar-refractivity contribution < 1.29 is 0 Å². The normalized spacial score (nSPS) is 13.5. The largest absolute Gasteiger partial charge is 0.272 e. The number of halogens is 1. The van der Waals surface area contributed by atoms with Crippen LogP contribution >= 0.6 is 15.9 Å². The van der Waals surface area contributed by atoms with Crippen molar-refractivity contribution >= 4 is 15.9 Å². The number of rotatable bonds is 5. The Hall–Kier alpha value is -0.310. The molecule has 0 aromatic carbocycles. The van der Waals surface area contributed by atoms with Crippen LogP contribution in [0.4, 0.5) is 0 Å². The number of nitrogens with zero attached hydrogens (tertiary/aromatic N) is 2. The van der Waals surface area contributed by atoms with E-state index in [9.17, 15) is 0 Å². The molecule has 0 aliphatic rings. The molecule has 1 unspecified atom stereocenters. The topological polar surface area (TPSA) is 17.8 Å². The highest BCUT2D eigenvalue weighted by molar-refractivity contribution is 9.09. The molecule has 2 nitrogen and oxygen atoms in total. The fourth-order valence-electron chi connectivity index (χ4n) is 1.60. The van der Waals surface area contributed by atoms with E-state index >= 15 is 0 Å². The molecule has 0 amide bonds. The van der Waals surface area contributed by atoms with E-state index in [0.717, 1.165) is 12.8 Å². The van der Waals surface area contributed by atoms with Gasteiger partial charge >= 0.3 is 0 Å². The first kappa shape index (κ1) is 12.8. The third-order valence-electron chi connectivity index (χ3n) is 2.79. The summed E-state index contributed by atoms with van der Waals surface area (Å²) in [4.78, 5) is 0.609. The van der Waals surface area contributed by atoms with Gasteiger partial charge in [0.2, 0.25) is 0 Å². The molecule has 1 aromatic rings. The van der Waals surface area contributed by atoms with Crippen molar-refractivity contribution in [2.24, 2.45) is 13.0 Å². The Morgan fingerprint density at radius 2 is 2.13 bits per heavy atom. The smallest absolute Gasteiger partial charge is 0.0624 e. The third kappa shape index (κ3) is 3.63. The van der Waals surface area contributed by atoms with Crippen LogP contribution in [0.3, 0.4) is 0 Å². The molecule has 1 rings (SSSR count). The summed E-state index contributed by atoms with van der Waals surface area (Å²) in [6.45, 7) is 6.65. The lowest BCUT2D eigenvalue weighted by atomic mass is 10.0. The molecule has 0 N–H and O–H groups in total. The van der Waals surface area contributed by atoms with E-state index in [1.54, 1.807) is 0 Å². The minimum atomic E-state index is 0.609. The quantitative estimate of drug-likeness (QED) is 0.752. The Morgan fingerprint density at radius 3 is 2.60 bits per heavy atom. The highest BCUT2D eigenvalue weighted by atomic mass is 79.9. The fourth-order valence-corrected chi connectivity index (χ4v) is 1.83. The number of aryl methyl sites for hydroxylation is 3. The van der Waals surface area contributed by atoms with Crippen LogP contribution in [0.2, 0.25) is 0 Å². The van der Waals surface area contributed by atoms with Gasteiger partial charge in [0, 0.05) is 17.6 Å². The van der Waals surface area contributed by atoms with Crippen molar-refractivity contribution in [3.05, 3.63) is 17.5 Å². The van der Waals surface area contributed by atoms with Crippen LogP contribution in [0.1, 0.15) is 38.6 Å². The monoisotopic (exact) mass is 272 g/mol. The van der Waals surface area contributed by atoms with Gasteiger partial charge in [0.05, 0.1) is 5.69 Å². The van der Waals surface area contributed by atoms with Gasteiger partial charge in [-0.1, -0.05) is 36.7 Å². The molecule has 0 saturated heterocycles. The molecule has 15 heavy (non-hydrogen) atoms. The summed E-state index contributed by atoms with van der Waals surface area (Å²) in [6.07, 6.45) is 3.31. The predicted octanol–water partition coefficient (Wildman–Crippen LogP) is 3.33. The van der Waals surface area contributed by atoms with Gasteiger partial charge in [0.1, 0.15) is 0 Å². The minimum absolute atomic E-state index is 0.609. The van der Waals surface area contributed by atoms with E-state index in [4.69, 9.17) is 0 Å². The van der Waals surface area contributed by atoms with Crippen LogP contribution < -0.4 is 0 Å². The third-order valence-corrected chi connectivity index (χ3v) is 4.30. The zero-order chi connectivity index (χ0) is 11.4. The Kier molecular flexibility index (Phi) is 4.84. The fraction of sp³-hybridized carbons (Fsp3) is 0.750. The van der Waals surface area contributed by atoms with Crippen LogP contribution in [-0.2, 0) is 19.9 Å². The second-order valence-corrected chi connectivity index (χ2v) is 5.58. The zero-order valence-corrected chi connectivity index (χ0v) is 11.7. The Labute approximate surface area is 101 Å². The van der Waals surface area contributed by atoms with Gasteiger partial charge in [-0.2, -0.15) is 5.10 Å². The van der Waals surface area contributed by atoms with Gasteiger partial charge < -0.3 is 0 Å². The maximum atomic E-state index is 4.45. The SMILES string of the molecule is CCc1cc(CCC(Br)C(C)C)n(C)n1. The summed E-state index contributed by atoms with van der Waals surface area (Å²) in [7, 11) is 2.03. The van der Waals surface area contributed by atoms with Gasteiger partial charge in [-0.05, 0) is 31.2 Å². The standard InChI is InChI=1S/C12H21BrN2/c1-5-10-8-11(15(4)14-10)6-7-12(13)9(2)3/h8-9,12H,5-7H2,1-4H3. The van der Waals surface area contributed by atoms with E-state index in [0.29, 0.717) is 10.7 Å². The first-order valence-corrected chi connectivity index (χ1v) is 6.62. The van der Waals surface area contributed by atoms with E-state index in [-0.39, 0.29) is 0 Å². The molecule has 1 aromatic heterocycles. The van der Waals surface area contributed by atoms with Gasteiger partial charge in [-0.3, -0.25) is 4.68 Å². The highest BCUT2D eigenvalue weighted by Gasteiger charge is 2.11. The maximum Gasteiger partial charge on any atom is 0.0624 e. The highest BCUT2D eigenvalue weighted by Crippen LogP contribution is 2.18. The minimum Gasteiger partial charge on any atom is -0.272 e. The molecule has 0 fully saturated rings. The Bertz CT molecular complexity index is 305. The van der Waals surface area contributed by atoms with E-state index in [1.165, 1.54) is 17.8 Å². The summed E-state index contributed by atoms with van der Waals surface area (Å²) in [6, 6.07) is 2.22. The molecule has 0 saturated carbocycles. The average molecular weight is 273 g/mol. The Morgan fingerprint density at radius 1 is 1.47 bits per heavy atom. The first-order valence-electron chi connectivity index (χ1n) is 5.70. The number of hydrogen-bond acceptors (Lipinski definition) is 1. The number of hydrogen-bond donors (Lipinski definition) is 0. The van der Waals surface area contributed by atoms with E-state index in [2.05, 4.69) is 47.9 Å². The molecule has 0 bridgehead atoms. The molecule has 1 heterocycles.